The molecule has 0 radical (unpaired) electrons. The van der Waals surface area contributed by atoms with Crippen LogP contribution in [0.3, 0.4) is 0 Å². The van der Waals surface area contributed by atoms with Crippen LogP contribution >= 0.6 is 15.9 Å². The van der Waals surface area contributed by atoms with Crippen molar-refractivity contribution in [2.24, 2.45) is 0 Å². The number of terminal acetylenes is 1. The van der Waals surface area contributed by atoms with Crippen molar-refractivity contribution < 1.29 is 4.39 Å². The van der Waals surface area contributed by atoms with Crippen molar-refractivity contribution in [2.45, 2.75) is 25.9 Å². The maximum atomic E-state index is 12.9. The Morgan fingerprint density at radius 3 is 2.93 bits per heavy atom. The van der Waals surface area contributed by atoms with Crippen LogP contribution in [-0.4, -0.2) is 6.04 Å². The second-order valence-corrected chi connectivity index (χ2v) is 4.29. The number of hydrogen-bond acceptors (Lipinski definition) is 1. The zero-order valence-corrected chi connectivity index (χ0v) is 10.1. The number of benzene rings is 1. The van der Waals surface area contributed by atoms with Crippen LogP contribution in [-0.2, 0) is 6.54 Å². The van der Waals surface area contributed by atoms with Gasteiger partial charge in [0.25, 0.3) is 0 Å². The van der Waals surface area contributed by atoms with Crippen LogP contribution in [0, 0.1) is 18.2 Å². The number of nitrogens with one attached hydrogen (secondary N) is 1. The van der Waals surface area contributed by atoms with Crippen LogP contribution in [0.15, 0.2) is 22.7 Å². The molecule has 1 rings (SSSR count). The van der Waals surface area contributed by atoms with Gasteiger partial charge in [0.1, 0.15) is 5.82 Å². The molecular weight excluding hydrogens is 257 g/mol. The highest BCUT2D eigenvalue weighted by molar-refractivity contribution is 9.10. The molecule has 1 N–H and O–H groups in total. The number of halogens is 2. The maximum absolute atomic E-state index is 12.9. The van der Waals surface area contributed by atoms with E-state index < -0.39 is 0 Å². The Labute approximate surface area is 98.2 Å². The van der Waals surface area contributed by atoms with Gasteiger partial charge in [0, 0.05) is 19.0 Å². The molecule has 15 heavy (non-hydrogen) atoms. The minimum Gasteiger partial charge on any atom is -0.309 e. The SMILES string of the molecule is C#CCC(C)NCc1ccc(F)c(Br)c1. The van der Waals surface area contributed by atoms with Gasteiger partial charge in [0.2, 0.25) is 0 Å². The highest BCUT2D eigenvalue weighted by Crippen LogP contribution is 2.16. The van der Waals surface area contributed by atoms with Gasteiger partial charge in [-0.05, 0) is 40.5 Å². The highest BCUT2D eigenvalue weighted by atomic mass is 79.9. The maximum Gasteiger partial charge on any atom is 0.137 e. The summed E-state index contributed by atoms with van der Waals surface area (Å²) in [5.41, 5.74) is 1.03. The molecule has 0 saturated heterocycles. The Hall–Kier alpha value is -0.850. The van der Waals surface area contributed by atoms with Gasteiger partial charge in [-0.2, -0.15) is 0 Å². The summed E-state index contributed by atoms with van der Waals surface area (Å²) in [6.45, 7) is 2.72. The Morgan fingerprint density at radius 1 is 1.60 bits per heavy atom. The van der Waals surface area contributed by atoms with Crippen molar-refractivity contribution in [3.8, 4) is 12.3 Å². The van der Waals surface area contributed by atoms with E-state index in [-0.39, 0.29) is 11.9 Å². The standard InChI is InChI=1S/C12H13BrFN/c1-3-4-9(2)15-8-10-5-6-12(14)11(13)7-10/h1,5-7,9,15H,4,8H2,2H3. The molecule has 0 spiro atoms. The summed E-state index contributed by atoms with van der Waals surface area (Å²) in [6.07, 6.45) is 5.89. The minimum absolute atomic E-state index is 0.240. The van der Waals surface area contributed by atoms with E-state index in [9.17, 15) is 4.39 Å². The highest BCUT2D eigenvalue weighted by Gasteiger charge is 2.02. The summed E-state index contributed by atoms with van der Waals surface area (Å²) in [5, 5.41) is 3.26. The molecule has 0 aromatic heterocycles. The first-order valence-corrected chi connectivity index (χ1v) is 5.53. The van der Waals surface area contributed by atoms with Crippen LogP contribution < -0.4 is 5.32 Å². The van der Waals surface area contributed by atoms with E-state index in [2.05, 4.69) is 27.2 Å². The first-order chi connectivity index (χ1) is 7.13. The van der Waals surface area contributed by atoms with E-state index in [4.69, 9.17) is 6.42 Å². The molecule has 1 nitrogen and oxygen atoms in total. The molecule has 0 aliphatic heterocycles. The lowest BCUT2D eigenvalue weighted by Crippen LogP contribution is -2.24. The van der Waals surface area contributed by atoms with Crippen molar-refractivity contribution in [1.82, 2.24) is 5.32 Å². The summed E-state index contributed by atoms with van der Waals surface area (Å²) in [7, 11) is 0. The van der Waals surface area contributed by atoms with Crippen LogP contribution in [0.5, 0.6) is 0 Å². The molecule has 0 saturated carbocycles. The van der Waals surface area contributed by atoms with E-state index >= 15 is 0 Å². The summed E-state index contributed by atoms with van der Waals surface area (Å²) in [4.78, 5) is 0. The molecule has 1 unspecified atom stereocenters. The Kier molecular flexibility index (Phi) is 4.80. The zero-order valence-electron chi connectivity index (χ0n) is 8.56. The molecule has 0 aliphatic carbocycles. The molecule has 0 heterocycles. The average molecular weight is 270 g/mol. The third-order valence-electron chi connectivity index (χ3n) is 2.06. The van der Waals surface area contributed by atoms with Crippen LogP contribution in [0.4, 0.5) is 4.39 Å². The van der Waals surface area contributed by atoms with Crippen molar-refractivity contribution in [3.05, 3.63) is 34.1 Å². The second kappa shape index (κ2) is 5.89. The van der Waals surface area contributed by atoms with Gasteiger partial charge in [-0.15, -0.1) is 12.3 Å². The van der Waals surface area contributed by atoms with Crippen molar-refractivity contribution in [3.63, 3.8) is 0 Å². The molecule has 1 aromatic carbocycles. The van der Waals surface area contributed by atoms with Gasteiger partial charge in [-0.3, -0.25) is 0 Å². The Balaban J connectivity index is 2.51. The lowest BCUT2D eigenvalue weighted by atomic mass is 10.2. The van der Waals surface area contributed by atoms with Crippen LogP contribution in [0.1, 0.15) is 18.9 Å². The van der Waals surface area contributed by atoms with Gasteiger partial charge in [-0.1, -0.05) is 6.07 Å². The van der Waals surface area contributed by atoms with E-state index in [1.807, 2.05) is 6.92 Å². The average Bonchev–Trinajstić information content (AvgIpc) is 2.20. The summed E-state index contributed by atoms with van der Waals surface area (Å²) in [5.74, 6) is 2.35. The van der Waals surface area contributed by atoms with Gasteiger partial charge in [0.15, 0.2) is 0 Å². The molecule has 0 bridgehead atoms. The Morgan fingerprint density at radius 2 is 2.33 bits per heavy atom. The second-order valence-electron chi connectivity index (χ2n) is 3.44. The van der Waals surface area contributed by atoms with Gasteiger partial charge < -0.3 is 5.32 Å². The first kappa shape index (κ1) is 12.2. The fourth-order valence-corrected chi connectivity index (χ4v) is 1.62. The largest absolute Gasteiger partial charge is 0.309 e. The van der Waals surface area contributed by atoms with Gasteiger partial charge >= 0.3 is 0 Å². The molecule has 0 aliphatic rings. The number of rotatable bonds is 4. The van der Waals surface area contributed by atoms with E-state index in [1.165, 1.54) is 6.07 Å². The Bertz CT molecular complexity index is 370. The normalized spacial score (nSPS) is 12.1. The van der Waals surface area contributed by atoms with E-state index in [0.717, 1.165) is 5.56 Å². The van der Waals surface area contributed by atoms with Gasteiger partial charge in [-0.25, -0.2) is 4.39 Å². The monoisotopic (exact) mass is 269 g/mol. The quantitative estimate of drug-likeness (QED) is 0.829. The molecule has 1 aromatic rings. The van der Waals surface area contributed by atoms with Crippen LogP contribution in [0.2, 0.25) is 0 Å². The van der Waals surface area contributed by atoms with Crippen molar-refractivity contribution >= 4 is 15.9 Å². The molecule has 1 atom stereocenters. The first-order valence-electron chi connectivity index (χ1n) is 4.74. The summed E-state index contributed by atoms with van der Waals surface area (Å²) < 4.78 is 13.4. The minimum atomic E-state index is -0.240. The third kappa shape index (κ3) is 4.03. The predicted molar refractivity (Wildman–Crippen MR) is 63.9 cm³/mol. The third-order valence-corrected chi connectivity index (χ3v) is 2.67. The summed E-state index contributed by atoms with van der Waals surface area (Å²) >= 11 is 3.15. The van der Waals surface area contributed by atoms with Gasteiger partial charge in [0.05, 0.1) is 4.47 Å². The lowest BCUT2D eigenvalue weighted by Gasteiger charge is -2.10. The van der Waals surface area contributed by atoms with Crippen LogP contribution in [0.25, 0.3) is 0 Å². The molecule has 3 heteroatoms. The summed E-state index contributed by atoms with van der Waals surface area (Å²) in [6, 6.07) is 5.26. The topological polar surface area (TPSA) is 12.0 Å². The predicted octanol–water partition coefficient (Wildman–Crippen LogP) is 3.09. The van der Waals surface area contributed by atoms with E-state index in [0.29, 0.717) is 17.4 Å². The molecule has 80 valence electrons. The molecule has 0 fully saturated rings. The fourth-order valence-electron chi connectivity index (χ4n) is 1.19. The van der Waals surface area contributed by atoms with Crippen molar-refractivity contribution in [2.75, 3.05) is 0 Å². The zero-order chi connectivity index (χ0) is 11.3. The lowest BCUT2D eigenvalue weighted by molar-refractivity contribution is 0.558. The fraction of sp³-hybridized carbons (Fsp3) is 0.333. The van der Waals surface area contributed by atoms with Crippen molar-refractivity contribution in [1.29, 1.82) is 0 Å². The van der Waals surface area contributed by atoms with E-state index in [1.54, 1.807) is 12.1 Å². The molecular formula is C12H13BrFN. The molecule has 0 amide bonds. The smallest absolute Gasteiger partial charge is 0.137 e. The number of hydrogen-bond donors (Lipinski definition) is 1.